The van der Waals surface area contributed by atoms with E-state index in [-0.39, 0.29) is 0 Å². The van der Waals surface area contributed by atoms with Crippen molar-refractivity contribution >= 4 is 26.8 Å². The maximum absolute atomic E-state index is 5.65. The zero-order chi connectivity index (χ0) is 11.0. The summed E-state index contributed by atoms with van der Waals surface area (Å²) in [6, 6.07) is 6.40. The predicted molar refractivity (Wildman–Crippen MR) is 68.1 cm³/mol. The topological polar surface area (TPSA) is 30.9 Å². The summed E-state index contributed by atoms with van der Waals surface area (Å²) in [5, 5.41) is 1.31. The quantitative estimate of drug-likeness (QED) is 0.891. The van der Waals surface area contributed by atoms with Gasteiger partial charge in [0.05, 0.1) is 0 Å². The number of benzene rings is 1. The number of nitrogens with two attached hydrogens (primary N) is 1. The van der Waals surface area contributed by atoms with Crippen molar-refractivity contribution in [2.24, 2.45) is 12.8 Å². The van der Waals surface area contributed by atoms with E-state index < -0.39 is 0 Å². The van der Waals surface area contributed by atoms with Crippen LogP contribution in [0.4, 0.5) is 0 Å². The number of nitrogens with zero attached hydrogens (tertiary/aromatic N) is 1. The third kappa shape index (κ3) is 1.70. The zero-order valence-electron chi connectivity index (χ0n) is 9.05. The van der Waals surface area contributed by atoms with Crippen molar-refractivity contribution in [1.29, 1.82) is 0 Å². The smallest absolute Gasteiger partial charge is 0.0483 e. The molecule has 2 N–H and O–H groups in total. The molecule has 0 radical (unpaired) electrons. The summed E-state index contributed by atoms with van der Waals surface area (Å²) in [5.74, 6) is 0. The molecule has 0 aliphatic rings. The number of hydrogen-bond donors (Lipinski definition) is 1. The van der Waals surface area contributed by atoms with Gasteiger partial charge in [-0.3, -0.25) is 0 Å². The minimum atomic E-state index is 0.701. The monoisotopic (exact) mass is 266 g/mol. The minimum absolute atomic E-state index is 0.701. The maximum Gasteiger partial charge on any atom is 0.0483 e. The SMILES string of the molecule is Cc1c(CCN)c2cc(Br)ccc2n1C. The lowest BCUT2D eigenvalue weighted by molar-refractivity contribution is 0.882. The van der Waals surface area contributed by atoms with Gasteiger partial charge in [-0.1, -0.05) is 15.9 Å². The number of halogens is 1. The van der Waals surface area contributed by atoms with Crippen LogP contribution in [0.5, 0.6) is 0 Å². The van der Waals surface area contributed by atoms with Crippen LogP contribution in [0.2, 0.25) is 0 Å². The summed E-state index contributed by atoms with van der Waals surface area (Å²) in [7, 11) is 2.10. The largest absolute Gasteiger partial charge is 0.348 e. The molecule has 0 fully saturated rings. The second-order valence-corrected chi connectivity index (χ2v) is 4.74. The lowest BCUT2D eigenvalue weighted by Crippen LogP contribution is -2.03. The predicted octanol–water partition coefficient (Wildman–Crippen LogP) is 2.75. The molecule has 0 atom stereocenters. The molecule has 15 heavy (non-hydrogen) atoms. The van der Waals surface area contributed by atoms with Crippen molar-refractivity contribution in [2.75, 3.05) is 6.54 Å². The van der Waals surface area contributed by atoms with E-state index in [4.69, 9.17) is 5.73 Å². The summed E-state index contributed by atoms with van der Waals surface area (Å²) in [5.41, 5.74) is 9.61. The van der Waals surface area contributed by atoms with E-state index in [0.717, 1.165) is 10.9 Å². The molecule has 1 aromatic carbocycles. The third-order valence-corrected chi connectivity index (χ3v) is 3.47. The van der Waals surface area contributed by atoms with Gasteiger partial charge in [-0.15, -0.1) is 0 Å². The van der Waals surface area contributed by atoms with Gasteiger partial charge in [0.25, 0.3) is 0 Å². The molecular weight excluding hydrogens is 252 g/mol. The van der Waals surface area contributed by atoms with Crippen LogP contribution in [0.1, 0.15) is 11.3 Å². The number of hydrogen-bond acceptors (Lipinski definition) is 1. The minimum Gasteiger partial charge on any atom is -0.348 e. The van der Waals surface area contributed by atoms with Gasteiger partial charge in [-0.2, -0.15) is 0 Å². The highest BCUT2D eigenvalue weighted by Crippen LogP contribution is 2.27. The van der Waals surface area contributed by atoms with Crippen molar-refractivity contribution in [2.45, 2.75) is 13.3 Å². The van der Waals surface area contributed by atoms with Gasteiger partial charge in [0.1, 0.15) is 0 Å². The second kappa shape index (κ2) is 3.99. The molecule has 0 unspecified atom stereocenters. The first-order chi connectivity index (χ1) is 7.15. The van der Waals surface area contributed by atoms with Crippen molar-refractivity contribution in [3.05, 3.63) is 33.9 Å². The third-order valence-electron chi connectivity index (χ3n) is 2.98. The Morgan fingerprint density at radius 1 is 1.40 bits per heavy atom. The Hall–Kier alpha value is -0.800. The Kier molecular flexibility index (Phi) is 2.85. The van der Waals surface area contributed by atoms with Crippen molar-refractivity contribution in [3.63, 3.8) is 0 Å². The van der Waals surface area contributed by atoms with Gasteiger partial charge in [0.2, 0.25) is 0 Å². The Morgan fingerprint density at radius 2 is 2.13 bits per heavy atom. The van der Waals surface area contributed by atoms with Crippen LogP contribution in [-0.2, 0) is 13.5 Å². The van der Waals surface area contributed by atoms with Crippen LogP contribution in [0.25, 0.3) is 10.9 Å². The molecule has 0 aliphatic carbocycles. The molecule has 0 spiro atoms. The molecule has 1 aromatic heterocycles. The van der Waals surface area contributed by atoms with Gasteiger partial charge < -0.3 is 10.3 Å². The molecule has 0 bridgehead atoms. The van der Waals surface area contributed by atoms with Crippen LogP contribution in [0, 0.1) is 6.92 Å². The second-order valence-electron chi connectivity index (χ2n) is 3.82. The Labute approximate surface area is 98.2 Å². The molecule has 2 nitrogen and oxygen atoms in total. The zero-order valence-corrected chi connectivity index (χ0v) is 10.6. The fourth-order valence-electron chi connectivity index (χ4n) is 2.08. The highest BCUT2D eigenvalue weighted by molar-refractivity contribution is 9.10. The molecule has 1 heterocycles. The van der Waals surface area contributed by atoms with Crippen molar-refractivity contribution in [3.8, 4) is 0 Å². The van der Waals surface area contributed by atoms with Gasteiger partial charge in [-0.25, -0.2) is 0 Å². The lowest BCUT2D eigenvalue weighted by Gasteiger charge is -1.99. The van der Waals surface area contributed by atoms with Gasteiger partial charge in [0.15, 0.2) is 0 Å². The maximum atomic E-state index is 5.65. The Morgan fingerprint density at radius 3 is 2.80 bits per heavy atom. The van der Waals surface area contributed by atoms with Crippen LogP contribution < -0.4 is 5.73 Å². The van der Waals surface area contributed by atoms with E-state index in [9.17, 15) is 0 Å². The summed E-state index contributed by atoms with van der Waals surface area (Å²) in [4.78, 5) is 0. The van der Waals surface area contributed by atoms with E-state index >= 15 is 0 Å². The molecule has 3 heteroatoms. The summed E-state index contributed by atoms with van der Waals surface area (Å²) in [6.07, 6.45) is 0.944. The van der Waals surface area contributed by atoms with E-state index in [1.807, 2.05) is 0 Å². The number of aryl methyl sites for hydroxylation is 1. The average Bonchev–Trinajstić information content (AvgIpc) is 2.44. The van der Waals surface area contributed by atoms with Crippen molar-refractivity contribution in [1.82, 2.24) is 4.57 Å². The van der Waals surface area contributed by atoms with Crippen LogP contribution >= 0.6 is 15.9 Å². The number of fused-ring (bicyclic) bond motifs is 1. The van der Waals surface area contributed by atoms with Gasteiger partial charge in [-0.05, 0) is 43.7 Å². The first kappa shape index (κ1) is 10.7. The van der Waals surface area contributed by atoms with Gasteiger partial charge >= 0.3 is 0 Å². The van der Waals surface area contributed by atoms with Gasteiger partial charge in [0, 0.05) is 28.1 Å². The highest BCUT2D eigenvalue weighted by Gasteiger charge is 2.10. The molecule has 2 aromatic rings. The summed E-state index contributed by atoms with van der Waals surface area (Å²) >= 11 is 3.51. The molecule has 80 valence electrons. The van der Waals surface area contributed by atoms with E-state index in [1.54, 1.807) is 0 Å². The molecule has 0 amide bonds. The lowest BCUT2D eigenvalue weighted by atomic mass is 10.1. The Balaban J connectivity index is 2.76. The highest BCUT2D eigenvalue weighted by atomic mass is 79.9. The molecule has 0 saturated heterocycles. The number of aromatic nitrogens is 1. The van der Waals surface area contributed by atoms with E-state index in [0.29, 0.717) is 6.54 Å². The molecule has 0 saturated carbocycles. The Bertz CT molecular complexity index is 500. The van der Waals surface area contributed by atoms with E-state index in [1.165, 1.54) is 22.2 Å². The van der Waals surface area contributed by atoms with Crippen LogP contribution in [-0.4, -0.2) is 11.1 Å². The fourth-order valence-corrected chi connectivity index (χ4v) is 2.44. The first-order valence-corrected chi connectivity index (χ1v) is 5.88. The van der Waals surface area contributed by atoms with Crippen LogP contribution in [0.3, 0.4) is 0 Å². The first-order valence-electron chi connectivity index (χ1n) is 5.08. The summed E-state index contributed by atoms with van der Waals surface area (Å²) in [6.45, 7) is 2.85. The van der Waals surface area contributed by atoms with E-state index in [2.05, 4.69) is 52.7 Å². The average molecular weight is 267 g/mol. The number of rotatable bonds is 2. The molecule has 0 aliphatic heterocycles. The molecular formula is C12H15BrN2. The normalized spacial score (nSPS) is 11.2. The summed E-state index contributed by atoms with van der Waals surface area (Å²) < 4.78 is 3.35. The standard InChI is InChI=1S/C12H15BrN2/c1-8-10(5-6-14)11-7-9(13)3-4-12(11)15(8)2/h3-4,7H,5-6,14H2,1-2H3. The molecule has 2 rings (SSSR count). The van der Waals surface area contributed by atoms with Crippen LogP contribution in [0.15, 0.2) is 22.7 Å². The van der Waals surface area contributed by atoms with Crippen molar-refractivity contribution < 1.29 is 0 Å². The fraction of sp³-hybridized carbons (Fsp3) is 0.333.